The van der Waals surface area contributed by atoms with E-state index in [4.69, 9.17) is 37.7 Å². The molecule has 0 spiro atoms. The van der Waals surface area contributed by atoms with Crippen molar-refractivity contribution >= 4 is 98.0 Å². The largest absolute Gasteiger partial charge is 0.778 e. The molecule has 0 radical (unpaired) electrons. The zero-order valence-corrected chi connectivity index (χ0v) is 38.6. The van der Waals surface area contributed by atoms with Gasteiger partial charge in [-0.1, -0.05) is 28.4 Å². The third kappa shape index (κ3) is 16.5. The van der Waals surface area contributed by atoms with Crippen molar-refractivity contribution in [2.45, 2.75) is 54.5 Å². The number of rotatable bonds is 12. The lowest BCUT2D eigenvalue weighted by molar-refractivity contribution is -0.193. The van der Waals surface area contributed by atoms with Gasteiger partial charge in [-0.15, -0.1) is 11.8 Å². The second-order valence-corrected chi connectivity index (χ2v) is 22.1. The molecule has 4 aromatic rings. The minimum Gasteiger partial charge on any atom is -0.778 e. The lowest BCUT2D eigenvalue weighted by Crippen LogP contribution is -2.31. The number of aromatic nitrogens is 3. The van der Waals surface area contributed by atoms with E-state index in [0.717, 1.165) is 61.1 Å². The molecule has 1 atom stereocenters. The number of carboxylic acids is 1. The Bertz CT molecular complexity index is 2440. The Morgan fingerprint density at radius 1 is 1.15 bits per heavy atom. The fourth-order valence-electron chi connectivity index (χ4n) is 4.93. The van der Waals surface area contributed by atoms with E-state index in [9.17, 15) is 41.4 Å². The highest BCUT2D eigenvalue weighted by molar-refractivity contribution is 8.00. The van der Waals surface area contributed by atoms with Crippen LogP contribution in [-0.2, 0) is 52.7 Å². The number of methoxy groups -OCH3 is 1. The number of nitrogens with zero attached hydrogens (tertiary/aromatic N) is 4. The van der Waals surface area contributed by atoms with E-state index < -0.39 is 53.8 Å². The van der Waals surface area contributed by atoms with E-state index in [1.54, 1.807) is 9.36 Å². The van der Waals surface area contributed by atoms with Gasteiger partial charge in [-0.05, 0) is 78.2 Å². The maximum Gasteiger partial charge on any atom is 0.325 e. The molecular weight excluding hydrogens is 932 g/mol. The van der Waals surface area contributed by atoms with Crippen molar-refractivity contribution in [3.8, 4) is 0 Å². The number of sulfone groups is 1. The van der Waals surface area contributed by atoms with E-state index in [0.29, 0.717) is 45.0 Å². The molecule has 1 saturated carbocycles. The average Bonchev–Trinajstić information content (AvgIpc) is 3.79. The maximum atomic E-state index is 14.3. The van der Waals surface area contributed by atoms with Crippen LogP contribution in [0.5, 0.6) is 0 Å². The van der Waals surface area contributed by atoms with E-state index in [-0.39, 0.29) is 42.7 Å². The number of carboxylic acid groups (broad SMARTS) is 1. The van der Waals surface area contributed by atoms with Gasteiger partial charge in [0.1, 0.15) is 19.1 Å². The predicted molar refractivity (Wildman–Crippen MR) is 227 cm³/mol. The number of carbonyl (C=O) groups excluding carboxylic acids is 2. The molecule has 1 aliphatic carbocycles. The van der Waals surface area contributed by atoms with Gasteiger partial charge in [0, 0.05) is 40.7 Å². The quantitative estimate of drug-likeness (QED) is 0.0589. The van der Waals surface area contributed by atoms with Crippen LogP contribution in [0.3, 0.4) is 0 Å². The third-order valence-electron chi connectivity index (χ3n) is 7.65. The van der Waals surface area contributed by atoms with Gasteiger partial charge in [-0.2, -0.15) is 0 Å². The highest BCUT2D eigenvalue weighted by Gasteiger charge is 2.34. The van der Waals surface area contributed by atoms with Gasteiger partial charge in [0.15, 0.2) is 21.4 Å². The Balaban J connectivity index is 0.000000247. The molecule has 2 aliphatic rings. The van der Waals surface area contributed by atoms with Crippen LogP contribution in [-0.4, -0.2) is 101 Å². The number of thioether (sulfide) groups is 1. The van der Waals surface area contributed by atoms with Gasteiger partial charge in [0.05, 0.1) is 66.1 Å². The molecular formula is C35H43Cl2FN5O12PS4. The lowest BCUT2D eigenvalue weighted by atomic mass is 10.0. The minimum absolute atomic E-state index is 0.0605. The highest BCUT2D eigenvalue weighted by atomic mass is 35.5. The van der Waals surface area contributed by atoms with Crippen LogP contribution in [0.4, 0.5) is 10.1 Å². The van der Waals surface area contributed by atoms with Crippen LogP contribution in [0.15, 0.2) is 60.6 Å². The van der Waals surface area contributed by atoms with Crippen molar-refractivity contribution in [1.82, 2.24) is 19.8 Å². The Hall–Kier alpha value is -3.31. The van der Waals surface area contributed by atoms with E-state index in [1.165, 1.54) is 37.6 Å². The number of carbonyl (C=O) groups is 3. The lowest BCUT2D eigenvalue weighted by Gasteiger charge is -2.15. The van der Waals surface area contributed by atoms with Crippen molar-refractivity contribution in [3.05, 3.63) is 83.7 Å². The van der Waals surface area contributed by atoms with Gasteiger partial charge < -0.3 is 28.7 Å². The van der Waals surface area contributed by atoms with Gasteiger partial charge in [0.2, 0.25) is 4.80 Å². The summed E-state index contributed by atoms with van der Waals surface area (Å²) in [5.41, 5.74) is 0.496. The summed E-state index contributed by atoms with van der Waals surface area (Å²) in [6.45, 7) is 0.845. The zero-order valence-electron chi connectivity index (χ0n) is 32.9. The number of hydrogen-bond donors (Lipinski definition) is 3. The molecule has 1 fully saturated rings. The fourth-order valence-corrected chi connectivity index (χ4v) is 8.45. The second-order valence-electron chi connectivity index (χ2n) is 13.3. The van der Waals surface area contributed by atoms with Gasteiger partial charge >= 0.3 is 16.8 Å². The van der Waals surface area contributed by atoms with Crippen LogP contribution in [0.2, 0.25) is 10.0 Å². The molecule has 0 amide bonds. The van der Waals surface area contributed by atoms with Crippen molar-refractivity contribution in [3.63, 3.8) is 0 Å². The van der Waals surface area contributed by atoms with Crippen LogP contribution < -0.4 is 19.9 Å². The zero-order chi connectivity index (χ0) is 44.9. The molecule has 60 heavy (non-hydrogen) atoms. The number of ketones is 1. The van der Waals surface area contributed by atoms with Crippen LogP contribution in [0.1, 0.15) is 53.3 Å². The molecule has 2 aromatic heterocycles. The Kier molecular flexibility index (Phi) is 19.8. The smallest absolute Gasteiger partial charge is 0.325 e. The predicted octanol–water partition coefficient (Wildman–Crippen LogP) is 4.29. The molecule has 1 aliphatic heterocycles. The summed E-state index contributed by atoms with van der Waals surface area (Å²) in [4.78, 5) is 68.8. The van der Waals surface area contributed by atoms with Gasteiger partial charge in [0.25, 0.3) is 0 Å². The summed E-state index contributed by atoms with van der Waals surface area (Å²) < 4.78 is 61.1. The van der Waals surface area contributed by atoms with Crippen molar-refractivity contribution in [1.29, 1.82) is 0 Å². The van der Waals surface area contributed by atoms with E-state index in [2.05, 4.69) is 33.7 Å². The molecule has 3 N–H and O–H groups in total. The number of fused-ring (bicyclic) bond motifs is 1. The summed E-state index contributed by atoms with van der Waals surface area (Å²) >= 11 is 14.0. The second kappa shape index (κ2) is 23.2. The molecule has 1 unspecified atom stereocenters. The topological polar surface area (TPSA) is 253 Å². The van der Waals surface area contributed by atoms with E-state index >= 15 is 0 Å². The molecule has 3 heterocycles. The Morgan fingerprint density at radius 2 is 1.78 bits per heavy atom. The molecule has 17 nitrogen and oxygen atoms in total. The molecule has 0 saturated heterocycles. The minimum atomic E-state index is -4.35. The van der Waals surface area contributed by atoms with Crippen LogP contribution in [0, 0.1) is 5.82 Å². The summed E-state index contributed by atoms with van der Waals surface area (Å²) in [5, 5.41) is 14.1. The van der Waals surface area contributed by atoms with Crippen LogP contribution >= 0.6 is 53.9 Å². The van der Waals surface area contributed by atoms with Gasteiger partial charge in [-0.25, -0.2) is 22.5 Å². The first-order valence-corrected chi connectivity index (χ1v) is 26.2. The third-order valence-corrected chi connectivity index (χ3v) is 12.0. The standard InChI is InChI=1S/C15H15ClFN3O3S2.C14H12ClNO4S.C3H8NO5P.C3H9S/c1-23-13(21)8-24-12-7-11(10(17)6-9(12)16)18-14-19-4-2-3-5-20(19)15(22)25-14;1-21(18,19)12-6-9(15)4-5-10(12)13(17)11-7-16-20-14(11)8-2-3-8;5-3(6)1-4-2-10(7,8)9;1-4(2)3/h6-7H,2-5,8H2,1H3;4-8H,2-3H2,1H3;4H,1-2H2,(H,5,6)(H2,7,8,9);1-3H3/q;;;+1/p-1/b18-14-;;;. The number of benzene rings is 2. The van der Waals surface area contributed by atoms with Crippen LogP contribution in [0.25, 0.3) is 0 Å². The van der Waals surface area contributed by atoms with Gasteiger partial charge in [-0.3, -0.25) is 29.2 Å². The average molecular weight is 975 g/mol. The number of esters is 1. The Labute approximate surface area is 365 Å². The van der Waals surface area contributed by atoms with Crippen molar-refractivity contribution in [2.75, 3.05) is 50.7 Å². The fraction of sp³-hybridized carbons (Fsp3) is 0.429. The van der Waals surface area contributed by atoms with Crippen molar-refractivity contribution < 1.29 is 55.9 Å². The molecule has 25 heteroatoms. The maximum absolute atomic E-state index is 14.3. The first-order valence-electron chi connectivity index (χ1n) is 17.5. The Morgan fingerprint density at radius 3 is 2.35 bits per heavy atom. The van der Waals surface area contributed by atoms with Crippen molar-refractivity contribution in [2.24, 2.45) is 4.99 Å². The SMILES string of the molecule is COC(=O)CSc1cc(/N=c2\sc(=O)n3n2CCCC3)c(F)cc1Cl.CS(=O)(=O)c1cc(Cl)ccc1C(=O)c1cnoc1C1CC1.C[S+](C)C.O=C(O)CNCP(=O)([O-])O. The number of hydrogen-bond acceptors (Lipinski definition) is 15. The summed E-state index contributed by atoms with van der Waals surface area (Å²) in [5.74, 6) is -1.76. The monoisotopic (exact) mass is 973 g/mol. The summed E-state index contributed by atoms with van der Waals surface area (Å²) in [6.07, 6.45) is 12.1. The normalized spacial score (nSPS) is 14.6. The molecule has 0 bridgehead atoms. The molecule has 2 aromatic carbocycles. The molecule has 6 rings (SSSR count). The first kappa shape index (κ1) is 51.0. The number of nitrogens with one attached hydrogen (secondary N) is 1. The first-order chi connectivity index (χ1) is 28.0. The summed E-state index contributed by atoms with van der Waals surface area (Å²) in [7, 11) is -5.98. The number of halogens is 3. The van der Waals surface area contributed by atoms with E-state index in [1.807, 2.05) is 5.32 Å². The summed E-state index contributed by atoms with van der Waals surface area (Å²) in [6, 6.07) is 6.85. The highest BCUT2D eigenvalue weighted by Crippen LogP contribution is 2.42. The number of aliphatic carboxylic acids is 1. The molecule has 330 valence electrons. The number of ether oxygens (including phenoxy) is 1.